The van der Waals surface area contributed by atoms with Crippen LogP contribution in [0.15, 0.2) is 66.1 Å². The predicted molar refractivity (Wildman–Crippen MR) is 106 cm³/mol. The molecule has 10 heteroatoms. The summed E-state index contributed by atoms with van der Waals surface area (Å²) < 4.78 is 26.3. The lowest BCUT2D eigenvalue weighted by Gasteiger charge is -2.09. The number of benzene rings is 2. The number of carbonyl (C=O) groups is 1. The first kappa shape index (κ1) is 21.1. The molecule has 0 unspecified atom stereocenters. The van der Waals surface area contributed by atoms with Gasteiger partial charge in [-0.15, -0.1) is 6.58 Å². The molecule has 0 saturated heterocycles. The van der Waals surface area contributed by atoms with Crippen LogP contribution < -0.4 is 15.4 Å². The van der Waals surface area contributed by atoms with Gasteiger partial charge in [0.05, 0.1) is 9.82 Å². The molecule has 0 fully saturated rings. The molecule has 28 heavy (non-hydrogen) atoms. The van der Waals surface area contributed by atoms with Crippen molar-refractivity contribution in [3.63, 3.8) is 0 Å². The first-order valence-electron chi connectivity index (χ1n) is 8.31. The van der Waals surface area contributed by atoms with Crippen LogP contribution in [0.2, 0.25) is 0 Å². The van der Waals surface area contributed by atoms with Gasteiger partial charge in [0.25, 0.3) is 11.6 Å². The molecule has 9 nitrogen and oxygen atoms in total. The first-order chi connectivity index (χ1) is 13.3. The molecule has 0 heterocycles. The molecule has 2 rings (SSSR count). The Bertz CT molecular complexity index is 958. The van der Waals surface area contributed by atoms with Crippen LogP contribution in [0.4, 0.5) is 11.4 Å². The second kappa shape index (κ2) is 9.62. The maximum Gasteiger partial charge on any atom is 0.292 e. The van der Waals surface area contributed by atoms with Crippen LogP contribution in [0.5, 0.6) is 0 Å². The molecule has 0 aliphatic carbocycles. The average molecular weight is 404 g/mol. The summed E-state index contributed by atoms with van der Waals surface area (Å²) in [5.41, 5.74) is 0.618. The van der Waals surface area contributed by atoms with Gasteiger partial charge in [-0.2, -0.15) is 0 Å². The zero-order valence-corrected chi connectivity index (χ0v) is 15.7. The van der Waals surface area contributed by atoms with E-state index in [1.165, 1.54) is 36.4 Å². The van der Waals surface area contributed by atoms with Crippen LogP contribution in [-0.2, 0) is 10.0 Å². The summed E-state index contributed by atoms with van der Waals surface area (Å²) >= 11 is 0. The number of amides is 1. The summed E-state index contributed by atoms with van der Waals surface area (Å²) in [6, 6.07) is 11.7. The van der Waals surface area contributed by atoms with Crippen molar-refractivity contribution in [1.82, 2.24) is 10.0 Å². The van der Waals surface area contributed by atoms with Crippen molar-refractivity contribution in [2.24, 2.45) is 0 Å². The topological polar surface area (TPSA) is 130 Å². The van der Waals surface area contributed by atoms with Crippen LogP contribution in [0.3, 0.4) is 0 Å². The number of rotatable bonds is 10. The van der Waals surface area contributed by atoms with Gasteiger partial charge in [-0.25, -0.2) is 13.1 Å². The molecule has 0 spiro atoms. The molecule has 3 N–H and O–H groups in total. The lowest BCUT2D eigenvalue weighted by atomic mass is 10.2. The van der Waals surface area contributed by atoms with Crippen molar-refractivity contribution in [3.8, 4) is 0 Å². The van der Waals surface area contributed by atoms with Crippen molar-refractivity contribution >= 4 is 27.3 Å². The summed E-state index contributed by atoms with van der Waals surface area (Å²) in [6.45, 7) is 4.07. The summed E-state index contributed by atoms with van der Waals surface area (Å²) in [7, 11) is -3.65. The molecule has 0 radical (unpaired) electrons. The fourth-order valence-electron chi connectivity index (χ4n) is 2.30. The molecule has 0 atom stereocenters. The summed E-state index contributed by atoms with van der Waals surface area (Å²) in [5.74, 6) is -0.382. The average Bonchev–Trinajstić information content (AvgIpc) is 2.69. The Balaban J connectivity index is 1.88. The van der Waals surface area contributed by atoms with Crippen LogP contribution in [0.25, 0.3) is 0 Å². The number of hydrogen-bond donors (Lipinski definition) is 3. The second-order valence-electron chi connectivity index (χ2n) is 5.62. The van der Waals surface area contributed by atoms with Gasteiger partial charge in [0.2, 0.25) is 10.0 Å². The molecular formula is C18H20N4O5S. The molecule has 0 aliphatic heterocycles. The van der Waals surface area contributed by atoms with Crippen molar-refractivity contribution in [1.29, 1.82) is 0 Å². The van der Waals surface area contributed by atoms with Crippen molar-refractivity contribution in [2.45, 2.75) is 4.90 Å². The van der Waals surface area contributed by atoms with Crippen LogP contribution in [0.1, 0.15) is 10.4 Å². The number of carbonyl (C=O) groups excluding carboxylic acids is 1. The molecule has 0 saturated carbocycles. The van der Waals surface area contributed by atoms with Gasteiger partial charge in [0.15, 0.2) is 0 Å². The zero-order chi connectivity index (χ0) is 20.6. The number of nitrogens with one attached hydrogen (secondary N) is 3. The Morgan fingerprint density at radius 1 is 1.11 bits per heavy atom. The smallest absolute Gasteiger partial charge is 0.292 e. The van der Waals surface area contributed by atoms with E-state index in [2.05, 4.69) is 21.9 Å². The second-order valence-corrected chi connectivity index (χ2v) is 7.39. The highest BCUT2D eigenvalue weighted by molar-refractivity contribution is 7.89. The minimum atomic E-state index is -3.65. The SMILES string of the molecule is C=CCNS(=O)(=O)c1ccc(C(=O)NCCNc2ccccc2[N+](=O)[O-])cc1. The van der Waals surface area contributed by atoms with Crippen LogP contribution in [0, 0.1) is 10.1 Å². The highest BCUT2D eigenvalue weighted by Gasteiger charge is 2.14. The molecule has 0 aromatic heterocycles. The van der Waals surface area contributed by atoms with Gasteiger partial charge < -0.3 is 10.6 Å². The van der Waals surface area contributed by atoms with Gasteiger partial charge in [-0.05, 0) is 30.3 Å². The fourth-order valence-corrected chi connectivity index (χ4v) is 3.29. The van der Waals surface area contributed by atoms with Gasteiger partial charge in [0, 0.05) is 31.3 Å². The Morgan fingerprint density at radius 2 is 1.79 bits per heavy atom. The highest BCUT2D eigenvalue weighted by Crippen LogP contribution is 2.22. The molecule has 0 bridgehead atoms. The Kier molecular flexibility index (Phi) is 7.24. The van der Waals surface area contributed by atoms with E-state index in [0.717, 1.165) is 0 Å². The van der Waals surface area contributed by atoms with Crippen LogP contribution in [-0.4, -0.2) is 38.9 Å². The Morgan fingerprint density at radius 3 is 2.43 bits per heavy atom. The zero-order valence-electron chi connectivity index (χ0n) is 14.9. The lowest BCUT2D eigenvalue weighted by Crippen LogP contribution is -2.29. The minimum Gasteiger partial charge on any atom is -0.378 e. The third kappa shape index (κ3) is 5.63. The van der Waals surface area contributed by atoms with E-state index < -0.39 is 14.9 Å². The van der Waals surface area contributed by atoms with E-state index >= 15 is 0 Å². The van der Waals surface area contributed by atoms with Crippen LogP contribution >= 0.6 is 0 Å². The predicted octanol–water partition coefficient (Wildman–Crippen LogP) is 1.90. The van der Waals surface area contributed by atoms with E-state index in [0.29, 0.717) is 11.3 Å². The molecule has 0 aliphatic rings. The Hall–Kier alpha value is -3.24. The van der Waals surface area contributed by atoms with E-state index in [4.69, 9.17) is 0 Å². The summed E-state index contributed by atoms with van der Waals surface area (Å²) in [6.07, 6.45) is 1.43. The quantitative estimate of drug-likeness (QED) is 0.240. The van der Waals surface area contributed by atoms with E-state index in [9.17, 15) is 23.3 Å². The first-order valence-corrected chi connectivity index (χ1v) is 9.79. The third-order valence-corrected chi connectivity index (χ3v) is 5.11. The third-order valence-electron chi connectivity index (χ3n) is 3.67. The number of sulfonamides is 1. The lowest BCUT2D eigenvalue weighted by molar-refractivity contribution is -0.384. The molecule has 2 aromatic carbocycles. The van der Waals surface area contributed by atoms with Crippen molar-refractivity contribution in [2.75, 3.05) is 25.0 Å². The van der Waals surface area contributed by atoms with Crippen molar-refractivity contribution in [3.05, 3.63) is 76.9 Å². The Labute approximate surface area is 162 Å². The van der Waals surface area contributed by atoms with Crippen molar-refractivity contribution < 1.29 is 18.1 Å². The molecule has 148 valence electrons. The number of anilines is 1. The fraction of sp³-hybridized carbons (Fsp3) is 0.167. The maximum atomic E-state index is 12.1. The van der Waals surface area contributed by atoms with E-state index in [-0.39, 0.29) is 36.1 Å². The maximum absolute atomic E-state index is 12.1. The number of hydrogen-bond acceptors (Lipinski definition) is 6. The molecule has 1 amide bonds. The normalized spacial score (nSPS) is 10.9. The van der Waals surface area contributed by atoms with Gasteiger partial charge in [-0.1, -0.05) is 18.2 Å². The van der Waals surface area contributed by atoms with Gasteiger partial charge in [-0.3, -0.25) is 14.9 Å². The monoisotopic (exact) mass is 404 g/mol. The van der Waals surface area contributed by atoms with E-state index in [1.807, 2.05) is 0 Å². The number of nitro benzene ring substituents is 1. The number of nitrogens with zero attached hydrogens (tertiary/aromatic N) is 1. The number of nitro groups is 1. The highest BCUT2D eigenvalue weighted by atomic mass is 32.2. The summed E-state index contributed by atoms with van der Waals surface area (Å²) in [5, 5.41) is 16.5. The standard InChI is InChI=1S/C18H20N4O5S/c1-2-11-21-28(26,27)15-9-7-14(8-10-15)18(23)20-13-12-19-16-5-3-4-6-17(16)22(24)25/h2-10,19,21H,1,11-13H2,(H,20,23). The number of para-hydroxylation sites is 2. The van der Waals surface area contributed by atoms with Gasteiger partial charge >= 0.3 is 0 Å². The summed E-state index contributed by atoms with van der Waals surface area (Å²) in [4.78, 5) is 22.6. The largest absolute Gasteiger partial charge is 0.378 e. The van der Waals surface area contributed by atoms with E-state index in [1.54, 1.807) is 18.2 Å². The molecular weight excluding hydrogens is 384 g/mol. The van der Waals surface area contributed by atoms with Gasteiger partial charge in [0.1, 0.15) is 5.69 Å². The molecule has 2 aromatic rings. The minimum absolute atomic E-state index is 0.0453.